The number of allylic oxidation sites excluding steroid dienone is 1. The fourth-order valence-corrected chi connectivity index (χ4v) is 3.52. The van der Waals surface area contributed by atoms with Gasteiger partial charge >= 0.3 is 0 Å². The number of hydrogen-bond donors (Lipinski definition) is 1. The zero-order valence-corrected chi connectivity index (χ0v) is 16.5. The Kier molecular flexibility index (Phi) is 5.97. The van der Waals surface area contributed by atoms with E-state index in [1.165, 1.54) is 35.2 Å². The smallest absolute Gasteiger partial charge is 0.125 e. The van der Waals surface area contributed by atoms with Gasteiger partial charge in [0.05, 0.1) is 12.6 Å². The van der Waals surface area contributed by atoms with Crippen molar-refractivity contribution in [2.24, 2.45) is 0 Å². The van der Waals surface area contributed by atoms with Crippen molar-refractivity contribution in [2.45, 2.75) is 72.5 Å². The van der Waals surface area contributed by atoms with Gasteiger partial charge in [-0.15, -0.1) is 0 Å². The molecule has 1 heterocycles. The first-order valence-corrected chi connectivity index (χ1v) is 9.22. The topological polar surface area (TPSA) is 24.5 Å². The van der Waals surface area contributed by atoms with Crippen LogP contribution in [0.15, 0.2) is 18.2 Å². The van der Waals surface area contributed by atoms with Gasteiger partial charge in [0.2, 0.25) is 0 Å². The molecule has 3 heteroatoms. The largest absolute Gasteiger partial charge is 0.496 e. The third kappa shape index (κ3) is 3.94. The number of rotatable bonds is 7. The van der Waals surface area contributed by atoms with E-state index in [-0.39, 0.29) is 5.54 Å². The van der Waals surface area contributed by atoms with E-state index in [1.54, 1.807) is 7.11 Å². The van der Waals surface area contributed by atoms with Gasteiger partial charge in [0.25, 0.3) is 0 Å². The van der Waals surface area contributed by atoms with E-state index in [0.29, 0.717) is 6.04 Å². The summed E-state index contributed by atoms with van der Waals surface area (Å²) in [5, 5.41) is 3.51. The van der Waals surface area contributed by atoms with Gasteiger partial charge in [-0.05, 0) is 38.8 Å². The van der Waals surface area contributed by atoms with Crippen LogP contribution in [0, 0.1) is 0 Å². The third-order valence-corrected chi connectivity index (χ3v) is 4.82. The average molecular weight is 331 g/mol. The summed E-state index contributed by atoms with van der Waals surface area (Å²) < 4.78 is 5.71. The summed E-state index contributed by atoms with van der Waals surface area (Å²) in [6, 6.07) is 5.01. The van der Waals surface area contributed by atoms with Crippen LogP contribution < -0.4 is 15.0 Å². The molecule has 0 bridgehead atoms. The van der Waals surface area contributed by atoms with E-state index in [1.807, 2.05) is 0 Å². The Morgan fingerprint density at radius 1 is 1.25 bits per heavy atom. The average Bonchev–Trinajstić information content (AvgIpc) is 2.51. The molecule has 3 nitrogen and oxygen atoms in total. The quantitative estimate of drug-likeness (QED) is 0.762. The van der Waals surface area contributed by atoms with Gasteiger partial charge in [0.1, 0.15) is 5.75 Å². The summed E-state index contributed by atoms with van der Waals surface area (Å²) >= 11 is 0. The van der Waals surface area contributed by atoms with Crippen molar-refractivity contribution < 1.29 is 4.74 Å². The van der Waals surface area contributed by atoms with E-state index in [9.17, 15) is 0 Å². The number of methoxy groups -OCH3 is 1. The minimum atomic E-state index is 0.0367. The fourth-order valence-electron chi connectivity index (χ4n) is 3.52. The molecule has 134 valence electrons. The van der Waals surface area contributed by atoms with Gasteiger partial charge < -0.3 is 15.0 Å². The Morgan fingerprint density at radius 2 is 1.96 bits per heavy atom. The molecular formula is C21H34N2O. The first kappa shape index (κ1) is 18.9. The van der Waals surface area contributed by atoms with Crippen LogP contribution in [-0.4, -0.2) is 25.2 Å². The summed E-state index contributed by atoms with van der Waals surface area (Å²) in [6.07, 6.45) is 4.81. The monoisotopic (exact) mass is 330 g/mol. The lowest BCUT2D eigenvalue weighted by Gasteiger charge is -2.43. The zero-order chi connectivity index (χ0) is 17.9. The van der Waals surface area contributed by atoms with Crippen LogP contribution in [0.3, 0.4) is 0 Å². The molecule has 0 radical (unpaired) electrons. The molecule has 0 saturated heterocycles. The van der Waals surface area contributed by atoms with Crippen LogP contribution in [-0.2, 0) is 6.54 Å². The highest BCUT2D eigenvalue weighted by atomic mass is 16.5. The summed E-state index contributed by atoms with van der Waals surface area (Å²) in [5.74, 6) is 0.980. The Labute approximate surface area is 148 Å². The van der Waals surface area contributed by atoms with Crippen molar-refractivity contribution in [1.29, 1.82) is 0 Å². The Hall–Kier alpha value is -1.48. The zero-order valence-electron chi connectivity index (χ0n) is 16.5. The van der Waals surface area contributed by atoms with Crippen LogP contribution in [0.4, 0.5) is 5.69 Å². The molecule has 1 aromatic rings. The number of nitrogens with one attached hydrogen (secondary N) is 1. The SMILES string of the molecule is CCCCN1c2cc(OC)c(CNC(C)C)cc2C(C)=CC1(C)C. The van der Waals surface area contributed by atoms with Crippen molar-refractivity contribution in [2.75, 3.05) is 18.6 Å². The molecule has 1 aliphatic rings. The second kappa shape index (κ2) is 7.60. The third-order valence-electron chi connectivity index (χ3n) is 4.82. The summed E-state index contributed by atoms with van der Waals surface area (Å²) in [7, 11) is 1.77. The number of hydrogen-bond acceptors (Lipinski definition) is 3. The summed E-state index contributed by atoms with van der Waals surface area (Å²) in [4.78, 5) is 2.53. The van der Waals surface area contributed by atoms with E-state index < -0.39 is 0 Å². The van der Waals surface area contributed by atoms with E-state index >= 15 is 0 Å². The van der Waals surface area contributed by atoms with Crippen molar-refractivity contribution in [3.8, 4) is 5.75 Å². The number of fused-ring (bicyclic) bond motifs is 1. The number of benzene rings is 1. The summed E-state index contributed by atoms with van der Waals surface area (Å²) in [6.45, 7) is 15.3. The van der Waals surface area contributed by atoms with Gasteiger partial charge in [-0.1, -0.05) is 33.3 Å². The molecule has 0 atom stereocenters. The highest BCUT2D eigenvalue weighted by Crippen LogP contribution is 2.42. The van der Waals surface area contributed by atoms with Crippen molar-refractivity contribution in [3.05, 3.63) is 29.3 Å². The normalized spacial score (nSPS) is 16.2. The maximum atomic E-state index is 5.71. The van der Waals surface area contributed by atoms with Gasteiger partial charge in [-0.2, -0.15) is 0 Å². The van der Waals surface area contributed by atoms with E-state index in [4.69, 9.17) is 4.74 Å². The first-order chi connectivity index (χ1) is 11.3. The van der Waals surface area contributed by atoms with Crippen LogP contribution in [0.25, 0.3) is 5.57 Å². The van der Waals surface area contributed by atoms with Crippen molar-refractivity contribution in [1.82, 2.24) is 5.32 Å². The van der Waals surface area contributed by atoms with E-state index in [2.05, 4.69) is 70.0 Å². The van der Waals surface area contributed by atoms with Crippen molar-refractivity contribution in [3.63, 3.8) is 0 Å². The Balaban J connectivity index is 2.48. The lowest BCUT2D eigenvalue weighted by atomic mass is 9.87. The molecule has 0 spiro atoms. The molecule has 0 aromatic heterocycles. The highest BCUT2D eigenvalue weighted by Gasteiger charge is 2.31. The fraction of sp³-hybridized carbons (Fsp3) is 0.619. The Morgan fingerprint density at radius 3 is 2.54 bits per heavy atom. The standard InChI is InChI=1S/C21H34N2O/c1-8-9-10-23-19-12-20(24-7)17(14-22-15(2)3)11-18(19)16(4)13-21(23,5)6/h11-13,15,22H,8-10,14H2,1-7H3. The molecular weight excluding hydrogens is 296 g/mol. The maximum absolute atomic E-state index is 5.71. The van der Waals surface area contributed by atoms with Gasteiger partial charge in [0, 0.05) is 42.0 Å². The number of ether oxygens (including phenoxy) is 1. The second-order valence-electron chi connectivity index (χ2n) is 7.70. The number of unbranched alkanes of at least 4 members (excludes halogenated alkanes) is 1. The Bertz CT molecular complexity index is 602. The molecule has 0 saturated carbocycles. The number of nitrogens with zero attached hydrogens (tertiary/aromatic N) is 1. The predicted molar refractivity (Wildman–Crippen MR) is 105 cm³/mol. The predicted octanol–water partition coefficient (Wildman–Crippen LogP) is 5.00. The van der Waals surface area contributed by atoms with Crippen LogP contribution >= 0.6 is 0 Å². The maximum Gasteiger partial charge on any atom is 0.125 e. The summed E-state index contributed by atoms with van der Waals surface area (Å²) in [5.41, 5.74) is 5.27. The minimum Gasteiger partial charge on any atom is -0.496 e. The molecule has 1 aliphatic heterocycles. The van der Waals surface area contributed by atoms with E-state index in [0.717, 1.165) is 18.8 Å². The molecule has 0 aliphatic carbocycles. The van der Waals surface area contributed by atoms with Gasteiger partial charge in [-0.25, -0.2) is 0 Å². The molecule has 2 rings (SSSR count). The van der Waals surface area contributed by atoms with Crippen LogP contribution in [0.5, 0.6) is 5.75 Å². The second-order valence-corrected chi connectivity index (χ2v) is 7.70. The first-order valence-electron chi connectivity index (χ1n) is 9.22. The minimum absolute atomic E-state index is 0.0367. The molecule has 1 N–H and O–H groups in total. The lowest BCUT2D eigenvalue weighted by molar-refractivity contribution is 0.405. The van der Waals surface area contributed by atoms with Crippen LogP contribution in [0.1, 0.15) is 65.5 Å². The van der Waals surface area contributed by atoms with Gasteiger partial charge in [-0.3, -0.25) is 0 Å². The lowest BCUT2D eigenvalue weighted by Crippen LogP contribution is -2.45. The molecule has 0 unspecified atom stereocenters. The number of anilines is 1. The molecule has 0 amide bonds. The molecule has 1 aromatic carbocycles. The van der Waals surface area contributed by atoms with Gasteiger partial charge in [0.15, 0.2) is 0 Å². The van der Waals surface area contributed by atoms with Crippen molar-refractivity contribution >= 4 is 11.3 Å². The molecule has 24 heavy (non-hydrogen) atoms. The van der Waals surface area contributed by atoms with Crippen LogP contribution in [0.2, 0.25) is 0 Å². The molecule has 0 fully saturated rings. The highest BCUT2D eigenvalue weighted by molar-refractivity contribution is 5.82.